The summed E-state index contributed by atoms with van der Waals surface area (Å²) in [6.45, 7) is 2.21. The van der Waals surface area contributed by atoms with Crippen LogP contribution in [-0.4, -0.2) is 17.6 Å². The SMILES string of the molecule is CCCCCC[C@@H](CCO)C(N)=O. The second kappa shape index (κ2) is 8.05. The van der Waals surface area contributed by atoms with Crippen LogP contribution < -0.4 is 5.73 Å². The largest absolute Gasteiger partial charge is 0.396 e. The zero-order valence-corrected chi connectivity index (χ0v) is 8.46. The molecule has 3 nitrogen and oxygen atoms in total. The van der Waals surface area contributed by atoms with E-state index in [1.807, 2.05) is 0 Å². The highest BCUT2D eigenvalue weighted by atomic mass is 16.3. The van der Waals surface area contributed by atoms with Crippen LogP contribution >= 0.6 is 0 Å². The first-order valence-corrected chi connectivity index (χ1v) is 5.12. The topological polar surface area (TPSA) is 63.3 Å². The van der Waals surface area contributed by atoms with Crippen LogP contribution in [0.3, 0.4) is 0 Å². The molecule has 13 heavy (non-hydrogen) atoms. The molecule has 3 heteroatoms. The minimum absolute atomic E-state index is 0.0569. The average molecular weight is 187 g/mol. The van der Waals surface area contributed by atoms with Crippen molar-refractivity contribution in [2.24, 2.45) is 11.7 Å². The van der Waals surface area contributed by atoms with Gasteiger partial charge in [-0.15, -0.1) is 0 Å². The summed E-state index contributed by atoms with van der Waals surface area (Å²) in [6, 6.07) is 0. The summed E-state index contributed by atoms with van der Waals surface area (Å²) in [7, 11) is 0. The molecule has 0 aliphatic rings. The number of rotatable bonds is 8. The molecule has 0 bridgehead atoms. The van der Waals surface area contributed by atoms with Gasteiger partial charge in [0.25, 0.3) is 0 Å². The molecule has 0 unspecified atom stereocenters. The minimum atomic E-state index is -0.273. The Hall–Kier alpha value is -0.570. The highest BCUT2D eigenvalue weighted by Gasteiger charge is 2.13. The van der Waals surface area contributed by atoms with Crippen LogP contribution in [-0.2, 0) is 4.79 Å². The highest BCUT2D eigenvalue weighted by Crippen LogP contribution is 2.13. The third-order valence-electron chi connectivity index (χ3n) is 2.29. The van der Waals surface area contributed by atoms with Gasteiger partial charge in [0.05, 0.1) is 0 Å². The molecule has 0 spiro atoms. The first-order chi connectivity index (χ1) is 6.22. The Morgan fingerprint density at radius 1 is 1.31 bits per heavy atom. The van der Waals surface area contributed by atoms with Gasteiger partial charge in [0.1, 0.15) is 0 Å². The fraction of sp³-hybridized carbons (Fsp3) is 0.900. The molecule has 1 atom stereocenters. The lowest BCUT2D eigenvalue weighted by Gasteiger charge is -2.10. The Kier molecular flexibility index (Phi) is 7.69. The number of carbonyl (C=O) groups is 1. The Labute approximate surface area is 80.3 Å². The van der Waals surface area contributed by atoms with Gasteiger partial charge in [-0.3, -0.25) is 4.79 Å². The van der Waals surface area contributed by atoms with Crippen LogP contribution in [0.25, 0.3) is 0 Å². The summed E-state index contributed by atoms with van der Waals surface area (Å²) in [5.41, 5.74) is 5.19. The van der Waals surface area contributed by atoms with E-state index in [4.69, 9.17) is 10.8 Å². The van der Waals surface area contributed by atoms with E-state index in [2.05, 4.69) is 6.92 Å². The number of hydrogen-bond donors (Lipinski definition) is 2. The zero-order valence-electron chi connectivity index (χ0n) is 8.46. The summed E-state index contributed by atoms with van der Waals surface area (Å²) in [4.78, 5) is 10.9. The standard InChI is InChI=1S/C10H21NO2/c1-2-3-4-5-6-9(7-8-12)10(11)13/h9,12H,2-8H2,1H3,(H2,11,13)/t9-/m0/s1. The quantitative estimate of drug-likeness (QED) is 0.565. The molecule has 1 amide bonds. The van der Waals surface area contributed by atoms with Crippen molar-refractivity contribution >= 4 is 5.91 Å². The van der Waals surface area contributed by atoms with Crippen molar-refractivity contribution < 1.29 is 9.90 Å². The lowest BCUT2D eigenvalue weighted by Crippen LogP contribution is -2.24. The Morgan fingerprint density at radius 3 is 2.46 bits per heavy atom. The number of aliphatic hydroxyl groups excluding tert-OH is 1. The van der Waals surface area contributed by atoms with Crippen molar-refractivity contribution in [2.45, 2.75) is 45.4 Å². The molecule has 0 radical (unpaired) electrons. The maximum atomic E-state index is 10.9. The summed E-state index contributed by atoms with van der Waals surface area (Å²) in [5, 5.41) is 8.68. The van der Waals surface area contributed by atoms with Gasteiger partial charge in [0.15, 0.2) is 0 Å². The molecular formula is C10H21NO2. The van der Waals surface area contributed by atoms with E-state index >= 15 is 0 Å². The number of nitrogens with two attached hydrogens (primary N) is 1. The van der Waals surface area contributed by atoms with Crippen LogP contribution in [0.1, 0.15) is 45.4 Å². The Balaban J connectivity index is 3.51. The predicted octanol–water partition coefficient (Wildman–Crippen LogP) is 1.44. The molecule has 0 saturated carbocycles. The number of aliphatic hydroxyl groups is 1. The highest BCUT2D eigenvalue weighted by molar-refractivity contribution is 5.76. The van der Waals surface area contributed by atoms with Gasteiger partial charge in [0, 0.05) is 12.5 Å². The van der Waals surface area contributed by atoms with Crippen LogP contribution in [0, 0.1) is 5.92 Å². The van der Waals surface area contributed by atoms with E-state index in [1.54, 1.807) is 0 Å². The van der Waals surface area contributed by atoms with Crippen LogP contribution in [0.4, 0.5) is 0 Å². The van der Waals surface area contributed by atoms with Crippen molar-refractivity contribution in [2.75, 3.05) is 6.61 Å². The molecule has 0 aromatic heterocycles. The molecule has 0 fully saturated rings. The first kappa shape index (κ1) is 12.4. The normalized spacial score (nSPS) is 12.8. The van der Waals surface area contributed by atoms with Crippen LogP contribution in [0.2, 0.25) is 0 Å². The fourth-order valence-corrected chi connectivity index (χ4v) is 1.40. The molecule has 0 aromatic carbocycles. The lowest BCUT2D eigenvalue weighted by atomic mass is 9.97. The molecule has 0 rings (SSSR count). The van der Waals surface area contributed by atoms with Gasteiger partial charge in [-0.2, -0.15) is 0 Å². The van der Waals surface area contributed by atoms with Crippen molar-refractivity contribution in [1.29, 1.82) is 0 Å². The summed E-state index contributed by atoms with van der Waals surface area (Å²) >= 11 is 0. The maximum absolute atomic E-state index is 10.9. The number of hydrogen-bond acceptors (Lipinski definition) is 2. The van der Waals surface area contributed by atoms with Crippen molar-refractivity contribution in [3.8, 4) is 0 Å². The molecule has 78 valence electrons. The number of primary amides is 1. The van der Waals surface area contributed by atoms with E-state index in [9.17, 15) is 4.79 Å². The third-order valence-corrected chi connectivity index (χ3v) is 2.29. The van der Waals surface area contributed by atoms with E-state index in [0.29, 0.717) is 6.42 Å². The summed E-state index contributed by atoms with van der Waals surface area (Å²) in [6.07, 6.45) is 5.95. The number of unbranched alkanes of at least 4 members (excludes halogenated alkanes) is 3. The van der Waals surface area contributed by atoms with Crippen molar-refractivity contribution in [3.05, 3.63) is 0 Å². The van der Waals surface area contributed by atoms with E-state index in [1.165, 1.54) is 12.8 Å². The number of carbonyl (C=O) groups excluding carboxylic acids is 1. The molecular weight excluding hydrogens is 166 g/mol. The van der Waals surface area contributed by atoms with E-state index in [-0.39, 0.29) is 18.4 Å². The predicted molar refractivity (Wildman–Crippen MR) is 53.1 cm³/mol. The van der Waals surface area contributed by atoms with Gasteiger partial charge >= 0.3 is 0 Å². The fourth-order valence-electron chi connectivity index (χ4n) is 1.40. The summed E-state index contributed by atoms with van der Waals surface area (Å²) < 4.78 is 0. The molecule has 0 aliphatic carbocycles. The Morgan fingerprint density at radius 2 is 2.00 bits per heavy atom. The lowest BCUT2D eigenvalue weighted by molar-refractivity contribution is -0.122. The smallest absolute Gasteiger partial charge is 0.220 e. The van der Waals surface area contributed by atoms with E-state index in [0.717, 1.165) is 19.3 Å². The monoisotopic (exact) mass is 187 g/mol. The van der Waals surface area contributed by atoms with Gasteiger partial charge in [-0.1, -0.05) is 32.6 Å². The molecule has 0 heterocycles. The molecule has 0 aliphatic heterocycles. The van der Waals surface area contributed by atoms with Crippen LogP contribution in [0.15, 0.2) is 0 Å². The maximum Gasteiger partial charge on any atom is 0.220 e. The van der Waals surface area contributed by atoms with Gasteiger partial charge in [0.2, 0.25) is 5.91 Å². The second-order valence-electron chi connectivity index (χ2n) is 3.46. The molecule has 0 aromatic rings. The number of amides is 1. The zero-order chi connectivity index (χ0) is 10.1. The van der Waals surface area contributed by atoms with Crippen molar-refractivity contribution in [3.63, 3.8) is 0 Å². The van der Waals surface area contributed by atoms with Gasteiger partial charge in [-0.25, -0.2) is 0 Å². The Bertz CT molecular complexity index is 137. The molecule has 0 saturated heterocycles. The first-order valence-electron chi connectivity index (χ1n) is 5.12. The average Bonchev–Trinajstić information content (AvgIpc) is 2.10. The van der Waals surface area contributed by atoms with Crippen molar-refractivity contribution in [1.82, 2.24) is 0 Å². The van der Waals surface area contributed by atoms with Gasteiger partial charge in [-0.05, 0) is 12.8 Å². The minimum Gasteiger partial charge on any atom is -0.396 e. The van der Waals surface area contributed by atoms with E-state index < -0.39 is 0 Å². The second-order valence-corrected chi connectivity index (χ2v) is 3.46. The van der Waals surface area contributed by atoms with Crippen LogP contribution in [0.5, 0.6) is 0 Å². The third kappa shape index (κ3) is 6.58. The summed E-state index contributed by atoms with van der Waals surface area (Å²) in [5.74, 6) is -0.396. The van der Waals surface area contributed by atoms with Gasteiger partial charge < -0.3 is 10.8 Å². The molecule has 3 N–H and O–H groups in total.